The number of rotatable bonds is 5. The van der Waals surface area contributed by atoms with Crippen molar-refractivity contribution in [2.75, 3.05) is 7.11 Å². The summed E-state index contributed by atoms with van der Waals surface area (Å²) < 4.78 is 5.25. The van der Waals surface area contributed by atoms with E-state index in [0.717, 1.165) is 52.2 Å². The number of aryl methyl sites for hydroxylation is 1. The van der Waals surface area contributed by atoms with Crippen LogP contribution in [-0.2, 0) is 6.42 Å². The Labute approximate surface area is 142 Å². The van der Waals surface area contributed by atoms with Gasteiger partial charge < -0.3 is 4.74 Å². The first-order valence-electron chi connectivity index (χ1n) is 7.95. The Morgan fingerprint density at radius 2 is 1.83 bits per heavy atom. The van der Waals surface area contributed by atoms with Gasteiger partial charge in [-0.05, 0) is 54.8 Å². The molecule has 2 aromatic carbocycles. The Morgan fingerprint density at radius 1 is 1.04 bits per heavy atom. The van der Waals surface area contributed by atoms with Crippen LogP contribution in [-0.4, -0.2) is 12.1 Å². The Kier molecular flexibility index (Phi) is 4.82. The number of pyridine rings is 1. The van der Waals surface area contributed by atoms with Crippen LogP contribution in [0.5, 0.6) is 5.75 Å². The van der Waals surface area contributed by atoms with Gasteiger partial charge in [0.05, 0.1) is 12.6 Å². The van der Waals surface area contributed by atoms with Crippen molar-refractivity contribution in [2.45, 2.75) is 26.2 Å². The summed E-state index contributed by atoms with van der Waals surface area (Å²) in [6.07, 6.45) is 3.27. The quantitative estimate of drug-likeness (QED) is 0.582. The SMILES string of the molecule is CCCCc1nc2ccc(Cl)cc2cc1-c1ccc(OC)cc1. The second-order valence-electron chi connectivity index (χ2n) is 5.65. The Morgan fingerprint density at radius 3 is 2.52 bits per heavy atom. The predicted molar refractivity (Wildman–Crippen MR) is 97.4 cm³/mol. The fourth-order valence-corrected chi connectivity index (χ4v) is 2.92. The van der Waals surface area contributed by atoms with Gasteiger partial charge in [-0.2, -0.15) is 0 Å². The van der Waals surface area contributed by atoms with Crippen LogP contribution in [0.15, 0.2) is 48.5 Å². The fourth-order valence-electron chi connectivity index (χ4n) is 2.74. The average molecular weight is 326 g/mol. The summed E-state index contributed by atoms with van der Waals surface area (Å²) in [7, 11) is 1.68. The summed E-state index contributed by atoms with van der Waals surface area (Å²) in [6.45, 7) is 2.20. The summed E-state index contributed by atoms with van der Waals surface area (Å²) in [5.41, 5.74) is 4.48. The highest BCUT2D eigenvalue weighted by atomic mass is 35.5. The van der Waals surface area contributed by atoms with Crippen molar-refractivity contribution in [3.05, 3.63) is 59.2 Å². The number of hydrogen-bond acceptors (Lipinski definition) is 2. The Bertz CT molecular complexity index is 812. The lowest BCUT2D eigenvalue weighted by molar-refractivity contribution is 0.415. The number of aromatic nitrogens is 1. The van der Waals surface area contributed by atoms with E-state index in [9.17, 15) is 0 Å². The second-order valence-corrected chi connectivity index (χ2v) is 6.09. The third-order valence-electron chi connectivity index (χ3n) is 4.02. The molecule has 118 valence electrons. The maximum atomic E-state index is 6.14. The molecule has 3 aromatic rings. The molecule has 1 heterocycles. The molecule has 0 aliphatic rings. The van der Waals surface area contributed by atoms with Crippen molar-refractivity contribution in [1.82, 2.24) is 4.98 Å². The minimum absolute atomic E-state index is 0.737. The number of benzene rings is 2. The number of methoxy groups -OCH3 is 1. The maximum absolute atomic E-state index is 6.14. The zero-order valence-electron chi connectivity index (χ0n) is 13.5. The Hall–Kier alpha value is -2.06. The molecule has 0 aliphatic heterocycles. The number of hydrogen-bond donors (Lipinski definition) is 0. The minimum Gasteiger partial charge on any atom is -0.497 e. The molecular weight excluding hydrogens is 306 g/mol. The highest BCUT2D eigenvalue weighted by Gasteiger charge is 2.10. The largest absolute Gasteiger partial charge is 0.497 e. The van der Waals surface area contributed by atoms with E-state index in [1.165, 1.54) is 5.56 Å². The standard InChI is InChI=1S/C20H20ClNO/c1-3-4-5-20-18(14-6-9-17(23-2)10-7-14)13-15-12-16(21)8-11-19(15)22-20/h6-13H,3-5H2,1-2H3. The Balaban J connectivity index is 2.13. The fraction of sp³-hybridized carbons (Fsp3) is 0.250. The van der Waals surface area contributed by atoms with Gasteiger partial charge in [0.1, 0.15) is 5.75 Å². The second kappa shape index (κ2) is 7.01. The van der Waals surface area contributed by atoms with Crippen molar-refractivity contribution < 1.29 is 4.74 Å². The summed E-state index contributed by atoms with van der Waals surface area (Å²) in [5, 5.41) is 1.81. The van der Waals surface area contributed by atoms with Gasteiger partial charge >= 0.3 is 0 Å². The van der Waals surface area contributed by atoms with Crippen LogP contribution in [0.1, 0.15) is 25.5 Å². The van der Waals surface area contributed by atoms with Crippen LogP contribution in [0.4, 0.5) is 0 Å². The van der Waals surface area contributed by atoms with E-state index in [1.54, 1.807) is 7.11 Å². The summed E-state index contributed by atoms with van der Waals surface area (Å²) >= 11 is 6.14. The van der Waals surface area contributed by atoms with Crippen LogP contribution in [0.2, 0.25) is 5.02 Å². The predicted octanol–water partition coefficient (Wildman–Crippen LogP) is 5.91. The third-order valence-corrected chi connectivity index (χ3v) is 4.26. The molecule has 0 saturated carbocycles. The van der Waals surface area contributed by atoms with Gasteiger partial charge in [0.15, 0.2) is 0 Å². The lowest BCUT2D eigenvalue weighted by Gasteiger charge is -2.12. The summed E-state index contributed by atoms with van der Waals surface area (Å²) in [4.78, 5) is 4.88. The molecular formula is C20H20ClNO. The molecule has 0 fully saturated rings. The molecule has 1 aromatic heterocycles. The monoisotopic (exact) mass is 325 g/mol. The molecule has 0 amide bonds. The first-order valence-corrected chi connectivity index (χ1v) is 8.32. The van der Waals surface area contributed by atoms with Gasteiger partial charge in [0.25, 0.3) is 0 Å². The number of unbranched alkanes of at least 4 members (excludes halogenated alkanes) is 1. The van der Waals surface area contributed by atoms with Crippen LogP contribution in [0, 0.1) is 0 Å². The van der Waals surface area contributed by atoms with E-state index >= 15 is 0 Å². The van der Waals surface area contributed by atoms with Crippen molar-refractivity contribution in [3.63, 3.8) is 0 Å². The smallest absolute Gasteiger partial charge is 0.118 e. The van der Waals surface area contributed by atoms with Crippen molar-refractivity contribution in [2.24, 2.45) is 0 Å². The van der Waals surface area contributed by atoms with Crippen LogP contribution < -0.4 is 4.74 Å². The van der Waals surface area contributed by atoms with E-state index in [-0.39, 0.29) is 0 Å². The lowest BCUT2D eigenvalue weighted by atomic mass is 9.98. The molecule has 0 atom stereocenters. The zero-order chi connectivity index (χ0) is 16.2. The molecule has 0 saturated heterocycles. The van der Waals surface area contributed by atoms with Crippen LogP contribution >= 0.6 is 11.6 Å². The summed E-state index contributed by atoms with van der Waals surface area (Å²) in [6, 6.07) is 16.2. The molecule has 23 heavy (non-hydrogen) atoms. The molecule has 0 radical (unpaired) electrons. The lowest BCUT2D eigenvalue weighted by Crippen LogP contribution is -1.96. The van der Waals surface area contributed by atoms with E-state index in [2.05, 4.69) is 25.1 Å². The molecule has 0 unspecified atom stereocenters. The van der Waals surface area contributed by atoms with Gasteiger partial charge in [0, 0.05) is 21.7 Å². The molecule has 0 spiro atoms. The van der Waals surface area contributed by atoms with Gasteiger partial charge in [-0.3, -0.25) is 4.98 Å². The first kappa shape index (κ1) is 15.8. The van der Waals surface area contributed by atoms with Crippen molar-refractivity contribution in [1.29, 1.82) is 0 Å². The maximum Gasteiger partial charge on any atom is 0.118 e. The minimum atomic E-state index is 0.737. The van der Waals surface area contributed by atoms with E-state index < -0.39 is 0 Å². The normalized spacial score (nSPS) is 10.9. The third kappa shape index (κ3) is 3.48. The molecule has 0 N–H and O–H groups in total. The topological polar surface area (TPSA) is 22.1 Å². The van der Waals surface area contributed by atoms with Crippen molar-refractivity contribution >= 4 is 22.5 Å². The average Bonchev–Trinajstić information content (AvgIpc) is 2.59. The molecule has 3 rings (SSSR count). The molecule has 0 aliphatic carbocycles. The summed E-state index contributed by atoms with van der Waals surface area (Å²) in [5.74, 6) is 0.862. The van der Waals surface area contributed by atoms with Gasteiger partial charge in [-0.1, -0.05) is 37.1 Å². The molecule has 3 heteroatoms. The molecule has 2 nitrogen and oxygen atoms in total. The number of fused-ring (bicyclic) bond motifs is 1. The van der Waals surface area contributed by atoms with Gasteiger partial charge in [-0.15, -0.1) is 0 Å². The van der Waals surface area contributed by atoms with E-state index in [0.29, 0.717) is 0 Å². The zero-order valence-corrected chi connectivity index (χ0v) is 14.2. The number of ether oxygens (including phenoxy) is 1. The van der Waals surface area contributed by atoms with Gasteiger partial charge in [-0.25, -0.2) is 0 Å². The van der Waals surface area contributed by atoms with E-state index in [1.807, 2.05) is 30.3 Å². The first-order chi connectivity index (χ1) is 11.2. The van der Waals surface area contributed by atoms with Crippen LogP contribution in [0.3, 0.4) is 0 Å². The van der Waals surface area contributed by atoms with Crippen molar-refractivity contribution in [3.8, 4) is 16.9 Å². The number of halogens is 1. The molecule has 0 bridgehead atoms. The highest BCUT2D eigenvalue weighted by molar-refractivity contribution is 6.31. The van der Waals surface area contributed by atoms with E-state index in [4.69, 9.17) is 21.3 Å². The van der Waals surface area contributed by atoms with Gasteiger partial charge in [0.2, 0.25) is 0 Å². The highest BCUT2D eigenvalue weighted by Crippen LogP contribution is 2.30. The van der Waals surface area contributed by atoms with Crippen LogP contribution in [0.25, 0.3) is 22.0 Å². The number of nitrogens with zero attached hydrogens (tertiary/aromatic N) is 1.